The molecule has 0 aliphatic rings. The van der Waals surface area contributed by atoms with E-state index in [1.54, 1.807) is 12.5 Å². The number of furan rings is 1. The fourth-order valence-electron chi connectivity index (χ4n) is 1.86. The van der Waals surface area contributed by atoms with Crippen molar-refractivity contribution in [3.05, 3.63) is 29.9 Å². The molecule has 2 rings (SSSR count). The van der Waals surface area contributed by atoms with Gasteiger partial charge in [-0.05, 0) is 18.4 Å². The number of hydrogen-bond donors (Lipinski definition) is 2. The standard InChI is InChI=1S/C12H16N2O2/c1-8(2)11-10(3-5-15)12(14-13-11)9-4-6-16-7-9/h4,6-8,15H,3,5H2,1-2H3,(H,13,14). The number of nitrogens with zero attached hydrogens (tertiary/aromatic N) is 1. The smallest absolute Gasteiger partial charge is 0.0997 e. The summed E-state index contributed by atoms with van der Waals surface area (Å²) in [5, 5.41) is 16.4. The number of aliphatic hydroxyl groups excluding tert-OH is 1. The highest BCUT2D eigenvalue weighted by molar-refractivity contribution is 5.63. The van der Waals surface area contributed by atoms with Crippen molar-refractivity contribution < 1.29 is 9.52 Å². The number of nitrogens with one attached hydrogen (secondary N) is 1. The average Bonchev–Trinajstić information content (AvgIpc) is 2.84. The molecule has 0 aliphatic carbocycles. The molecule has 4 heteroatoms. The first-order valence-electron chi connectivity index (χ1n) is 5.44. The molecule has 2 aromatic rings. The summed E-state index contributed by atoms with van der Waals surface area (Å²) in [6.45, 7) is 4.34. The van der Waals surface area contributed by atoms with Crippen LogP contribution < -0.4 is 0 Å². The number of H-pyrrole nitrogens is 1. The summed E-state index contributed by atoms with van der Waals surface area (Å²) in [5.41, 5.74) is 4.00. The maximum Gasteiger partial charge on any atom is 0.0997 e. The zero-order valence-corrected chi connectivity index (χ0v) is 9.53. The SMILES string of the molecule is CC(C)c1[nH]nc(-c2ccoc2)c1CCO. The maximum atomic E-state index is 9.10. The summed E-state index contributed by atoms with van der Waals surface area (Å²) in [5.74, 6) is 0.370. The van der Waals surface area contributed by atoms with Crippen LogP contribution >= 0.6 is 0 Å². The van der Waals surface area contributed by atoms with E-state index in [9.17, 15) is 0 Å². The second-order valence-corrected chi connectivity index (χ2v) is 4.10. The molecule has 0 unspecified atom stereocenters. The molecular weight excluding hydrogens is 204 g/mol. The van der Waals surface area contributed by atoms with Crippen molar-refractivity contribution in [3.63, 3.8) is 0 Å². The number of hydrogen-bond acceptors (Lipinski definition) is 3. The van der Waals surface area contributed by atoms with Gasteiger partial charge in [0.2, 0.25) is 0 Å². The first-order chi connectivity index (χ1) is 7.74. The normalized spacial score (nSPS) is 11.2. The first-order valence-corrected chi connectivity index (χ1v) is 5.44. The Kier molecular flexibility index (Phi) is 3.10. The van der Waals surface area contributed by atoms with Gasteiger partial charge in [0.25, 0.3) is 0 Å². The predicted molar refractivity (Wildman–Crippen MR) is 61.2 cm³/mol. The largest absolute Gasteiger partial charge is 0.472 e. The van der Waals surface area contributed by atoms with Crippen LogP contribution in [0.15, 0.2) is 23.0 Å². The minimum atomic E-state index is 0.129. The van der Waals surface area contributed by atoms with Gasteiger partial charge in [-0.3, -0.25) is 5.10 Å². The van der Waals surface area contributed by atoms with Gasteiger partial charge in [0, 0.05) is 23.4 Å². The Morgan fingerprint density at radius 3 is 2.88 bits per heavy atom. The number of aromatic amines is 1. The highest BCUT2D eigenvalue weighted by atomic mass is 16.3. The molecule has 0 bridgehead atoms. The molecule has 0 aliphatic heterocycles. The predicted octanol–water partition coefficient (Wildman–Crippen LogP) is 2.33. The maximum absolute atomic E-state index is 9.10. The lowest BCUT2D eigenvalue weighted by Crippen LogP contribution is -1.98. The van der Waals surface area contributed by atoms with Gasteiger partial charge in [0.1, 0.15) is 0 Å². The summed E-state index contributed by atoms with van der Waals surface area (Å²) in [6, 6.07) is 1.88. The van der Waals surface area contributed by atoms with Crippen LogP contribution in [0, 0.1) is 0 Å². The van der Waals surface area contributed by atoms with Crippen LogP contribution in [-0.2, 0) is 6.42 Å². The fraction of sp³-hybridized carbons (Fsp3) is 0.417. The number of aliphatic hydroxyl groups is 1. The van der Waals surface area contributed by atoms with Gasteiger partial charge >= 0.3 is 0 Å². The Labute approximate surface area is 94.3 Å². The van der Waals surface area contributed by atoms with Crippen molar-refractivity contribution in [2.75, 3.05) is 6.61 Å². The molecule has 0 fully saturated rings. The van der Waals surface area contributed by atoms with E-state index >= 15 is 0 Å². The molecular formula is C12H16N2O2. The molecule has 2 aromatic heterocycles. The topological polar surface area (TPSA) is 62.0 Å². The molecule has 0 atom stereocenters. The Hall–Kier alpha value is -1.55. The lowest BCUT2D eigenvalue weighted by Gasteiger charge is -2.05. The Balaban J connectivity index is 2.46. The summed E-state index contributed by atoms with van der Waals surface area (Å²) >= 11 is 0. The lowest BCUT2D eigenvalue weighted by atomic mass is 9.99. The molecule has 0 spiro atoms. The highest BCUT2D eigenvalue weighted by Gasteiger charge is 2.16. The van der Waals surface area contributed by atoms with E-state index in [-0.39, 0.29) is 6.61 Å². The highest BCUT2D eigenvalue weighted by Crippen LogP contribution is 2.28. The molecule has 0 saturated heterocycles. The van der Waals surface area contributed by atoms with E-state index in [1.165, 1.54) is 0 Å². The van der Waals surface area contributed by atoms with E-state index in [0.717, 1.165) is 22.5 Å². The molecule has 0 amide bonds. The third kappa shape index (κ3) is 1.88. The molecule has 86 valence electrons. The van der Waals surface area contributed by atoms with E-state index in [1.807, 2.05) is 6.07 Å². The molecule has 2 heterocycles. The minimum absolute atomic E-state index is 0.129. The third-order valence-corrected chi connectivity index (χ3v) is 2.63. The monoisotopic (exact) mass is 220 g/mol. The molecule has 0 radical (unpaired) electrons. The van der Waals surface area contributed by atoms with Crippen LogP contribution in [0.1, 0.15) is 31.0 Å². The van der Waals surface area contributed by atoms with Gasteiger partial charge in [-0.1, -0.05) is 13.8 Å². The molecule has 0 aromatic carbocycles. The van der Waals surface area contributed by atoms with Crippen LogP contribution in [0.3, 0.4) is 0 Å². The van der Waals surface area contributed by atoms with Crippen molar-refractivity contribution in [1.82, 2.24) is 10.2 Å². The van der Waals surface area contributed by atoms with Crippen molar-refractivity contribution in [2.45, 2.75) is 26.2 Å². The van der Waals surface area contributed by atoms with Gasteiger partial charge in [-0.25, -0.2) is 0 Å². The van der Waals surface area contributed by atoms with E-state index in [2.05, 4.69) is 24.0 Å². The second-order valence-electron chi connectivity index (χ2n) is 4.10. The van der Waals surface area contributed by atoms with Crippen LogP contribution in [0.25, 0.3) is 11.3 Å². The van der Waals surface area contributed by atoms with Gasteiger partial charge < -0.3 is 9.52 Å². The van der Waals surface area contributed by atoms with Gasteiger partial charge in [0.05, 0.1) is 18.2 Å². The van der Waals surface area contributed by atoms with Crippen molar-refractivity contribution >= 4 is 0 Å². The Morgan fingerprint density at radius 2 is 2.31 bits per heavy atom. The van der Waals surface area contributed by atoms with Crippen molar-refractivity contribution in [3.8, 4) is 11.3 Å². The van der Waals surface area contributed by atoms with E-state index in [0.29, 0.717) is 12.3 Å². The molecule has 2 N–H and O–H groups in total. The van der Waals surface area contributed by atoms with Crippen molar-refractivity contribution in [2.24, 2.45) is 0 Å². The number of aromatic nitrogens is 2. The fourth-order valence-corrected chi connectivity index (χ4v) is 1.86. The summed E-state index contributed by atoms with van der Waals surface area (Å²) < 4.78 is 5.06. The zero-order chi connectivity index (χ0) is 11.5. The van der Waals surface area contributed by atoms with Crippen LogP contribution in [0.5, 0.6) is 0 Å². The third-order valence-electron chi connectivity index (χ3n) is 2.63. The molecule has 16 heavy (non-hydrogen) atoms. The Bertz CT molecular complexity index is 444. The van der Waals surface area contributed by atoms with Crippen LogP contribution in [0.2, 0.25) is 0 Å². The van der Waals surface area contributed by atoms with Gasteiger partial charge in [0.15, 0.2) is 0 Å². The number of rotatable bonds is 4. The summed E-state index contributed by atoms with van der Waals surface area (Å²) in [7, 11) is 0. The molecule has 0 saturated carbocycles. The summed E-state index contributed by atoms with van der Waals surface area (Å²) in [4.78, 5) is 0. The first kappa shape index (κ1) is 11.0. The second kappa shape index (κ2) is 4.53. The molecule has 4 nitrogen and oxygen atoms in total. The van der Waals surface area contributed by atoms with Crippen LogP contribution in [-0.4, -0.2) is 21.9 Å². The van der Waals surface area contributed by atoms with Gasteiger partial charge in [-0.15, -0.1) is 0 Å². The zero-order valence-electron chi connectivity index (χ0n) is 9.53. The summed E-state index contributed by atoms with van der Waals surface area (Å²) in [6.07, 6.45) is 3.91. The van der Waals surface area contributed by atoms with E-state index in [4.69, 9.17) is 9.52 Å². The van der Waals surface area contributed by atoms with Crippen molar-refractivity contribution in [1.29, 1.82) is 0 Å². The Morgan fingerprint density at radius 1 is 1.50 bits per heavy atom. The minimum Gasteiger partial charge on any atom is -0.472 e. The van der Waals surface area contributed by atoms with Crippen LogP contribution in [0.4, 0.5) is 0 Å². The average molecular weight is 220 g/mol. The van der Waals surface area contributed by atoms with E-state index < -0.39 is 0 Å². The quantitative estimate of drug-likeness (QED) is 0.831. The lowest BCUT2D eigenvalue weighted by molar-refractivity contribution is 0.299. The van der Waals surface area contributed by atoms with Gasteiger partial charge in [-0.2, -0.15) is 5.10 Å².